The molecule has 1 aromatic heterocycles. The third-order valence-corrected chi connectivity index (χ3v) is 8.00. The highest BCUT2D eigenvalue weighted by atomic mass is 35.5. The first-order chi connectivity index (χ1) is 18.7. The number of nitrogens with one attached hydrogen (secondary N) is 1. The minimum Gasteiger partial charge on any atom is -0.267 e. The Balaban J connectivity index is 1.17. The topological polar surface area (TPSA) is 54.4 Å². The van der Waals surface area contributed by atoms with Crippen molar-refractivity contribution in [2.45, 2.75) is 10.6 Å². The van der Waals surface area contributed by atoms with Gasteiger partial charge in [-0.15, -0.1) is 11.8 Å². The van der Waals surface area contributed by atoms with Crippen molar-refractivity contribution in [2.24, 2.45) is 5.10 Å². The highest BCUT2D eigenvalue weighted by Gasteiger charge is 2.11. The second-order valence-electron chi connectivity index (χ2n) is 8.83. The summed E-state index contributed by atoms with van der Waals surface area (Å²) in [6.45, 7) is 0. The third kappa shape index (κ3) is 4.74. The summed E-state index contributed by atoms with van der Waals surface area (Å²) in [7, 11) is 0. The van der Waals surface area contributed by atoms with Gasteiger partial charge >= 0.3 is 0 Å². The predicted molar refractivity (Wildman–Crippen MR) is 159 cm³/mol. The molecule has 6 heteroatoms. The van der Waals surface area contributed by atoms with Crippen LogP contribution in [0.15, 0.2) is 119 Å². The van der Waals surface area contributed by atoms with Gasteiger partial charge in [-0.05, 0) is 40.6 Å². The number of hydrogen-bond donors (Lipinski definition) is 1. The molecule has 6 aromatic rings. The molecule has 4 nitrogen and oxygen atoms in total. The van der Waals surface area contributed by atoms with E-state index in [1.807, 2.05) is 85.1 Å². The first-order valence-electron chi connectivity index (χ1n) is 12.2. The summed E-state index contributed by atoms with van der Waals surface area (Å²) in [6, 6.07) is 33.7. The standard InChI is InChI=1S/C32H22ClN3OS/c33-30-26-11-3-1-9-24(26)28(25-10-2-4-12-27(25)30)19-35-36-32(37)23-16-14-21(15-17-23)20-38-29-13-5-7-22-8-6-18-34-31(22)29/h1-19H,20H2,(H,36,37). The number of amides is 1. The highest BCUT2D eigenvalue weighted by Crippen LogP contribution is 2.35. The molecule has 0 saturated carbocycles. The molecule has 1 N–H and O–H groups in total. The van der Waals surface area contributed by atoms with E-state index >= 15 is 0 Å². The molecular weight excluding hydrogens is 510 g/mol. The zero-order chi connectivity index (χ0) is 25.9. The highest BCUT2D eigenvalue weighted by molar-refractivity contribution is 7.98. The summed E-state index contributed by atoms with van der Waals surface area (Å²) in [6.07, 6.45) is 3.52. The van der Waals surface area contributed by atoms with Crippen LogP contribution in [0, 0.1) is 0 Å². The average Bonchev–Trinajstić information content (AvgIpc) is 2.98. The number of nitrogens with zero attached hydrogens (tertiary/aromatic N) is 2. The van der Waals surface area contributed by atoms with Gasteiger partial charge in [0, 0.05) is 44.1 Å². The Morgan fingerprint density at radius 1 is 0.816 bits per heavy atom. The van der Waals surface area contributed by atoms with E-state index in [4.69, 9.17) is 11.6 Å². The maximum absolute atomic E-state index is 12.8. The molecular formula is C32H22ClN3OS. The minimum absolute atomic E-state index is 0.263. The van der Waals surface area contributed by atoms with Crippen molar-refractivity contribution in [3.8, 4) is 0 Å². The zero-order valence-electron chi connectivity index (χ0n) is 20.3. The molecule has 0 atom stereocenters. The maximum Gasteiger partial charge on any atom is 0.271 e. The number of rotatable bonds is 6. The monoisotopic (exact) mass is 531 g/mol. The summed E-state index contributed by atoms with van der Waals surface area (Å²) < 4.78 is 0. The van der Waals surface area contributed by atoms with E-state index in [0.717, 1.165) is 54.2 Å². The summed E-state index contributed by atoms with van der Waals surface area (Å²) in [4.78, 5) is 18.5. The summed E-state index contributed by atoms with van der Waals surface area (Å²) in [5.74, 6) is 0.521. The van der Waals surface area contributed by atoms with Crippen LogP contribution >= 0.6 is 23.4 Å². The van der Waals surface area contributed by atoms with Gasteiger partial charge in [0.2, 0.25) is 0 Å². The van der Waals surface area contributed by atoms with Crippen LogP contribution in [0.2, 0.25) is 5.02 Å². The second kappa shape index (κ2) is 10.7. The molecule has 184 valence electrons. The average molecular weight is 532 g/mol. The summed E-state index contributed by atoms with van der Waals surface area (Å²) in [5.41, 5.74) is 6.27. The molecule has 0 bridgehead atoms. The molecule has 0 aliphatic carbocycles. The van der Waals surface area contributed by atoms with E-state index in [2.05, 4.69) is 39.8 Å². The van der Waals surface area contributed by atoms with E-state index in [1.54, 1.807) is 18.0 Å². The molecule has 1 amide bonds. The largest absolute Gasteiger partial charge is 0.271 e. The number of hydrazone groups is 1. The molecule has 0 saturated heterocycles. The van der Waals surface area contributed by atoms with Crippen LogP contribution in [-0.2, 0) is 5.75 Å². The number of benzene rings is 5. The van der Waals surface area contributed by atoms with Crippen molar-refractivity contribution < 1.29 is 4.79 Å². The Bertz CT molecular complexity index is 1770. The van der Waals surface area contributed by atoms with Crippen molar-refractivity contribution in [1.82, 2.24) is 10.4 Å². The van der Waals surface area contributed by atoms with E-state index < -0.39 is 0 Å². The van der Waals surface area contributed by atoms with Gasteiger partial charge in [0.1, 0.15) is 0 Å². The number of halogens is 1. The molecule has 0 radical (unpaired) electrons. The van der Waals surface area contributed by atoms with Crippen LogP contribution in [0.5, 0.6) is 0 Å². The molecule has 5 aromatic carbocycles. The lowest BCUT2D eigenvalue weighted by Crippen LogP contribution is -2.17. The van der Waals surface area contributed by atoms with Crippen molar-refractivity contribution in [3.05, 3.63) is 131 Å². The number of pyridine rings is 1. The van der Waals surface area contributed by atoms with Gasteiger partial charge in [-0.3, -0.25) is 9.78 Å². The lowest BCUT2D eigenvalue weighted by molar-refractivity contribution is 0.0955. The van der Waals surface area contributed by atoms with Crippen LogP contribution < -0.4 is 5.43 Å². The normalized spacial score (nSPS) is 11.5. The van der Waals surface area contributed by atoms with Crippen molar-refractivity contribution in [3.63, 3.8) is 0 Å². The molecule has 0 aliphatic heterocycles. The molecule has 0 aliphatic rings. The van der Waals surface area contributed by atoms with Gasteiger partial charge in [0.05, 0.1) is 16.8 Å². The number of carbonyl (C=O) groups excluding carboxylic acids is 1. The van der Waals surface area contributed by atoms with Gasteiger partial charge < -0.3 is 0 Å². The quantitative estimate of drug-likeness (QED) is 0.102. The first-order valence-corrected chi connectivity index (χ1v) is 13.5. The Labute approximate surface area is 229 Å². The van der Waals surface area contributed by atoms with Crippen molar-refractivity contribution >= 4 is 67.9 Å². The number of hydrogen-bond acceptors (Lipinski definition) is 4. The number of para-hydroxylation sites is 1. The lowest BCUT2D eigenvalue weighted by Gasteiger charge is -2.10. The lowest BCUT2D eigenvalue weighted by atomic mass is 9.97. The molecule has 6 rings (SSSR count). The first kappa shape index (κ1) is 24.2. The summed E-state index contributed by atoms with van der Waals surface area (Å²) in [5, 5.41) is 10.0. The maximum atomic E-state index is 12.8. The van der Waals surface area contributed by atoms with E-state index in [-0.39, 0.29) is 5.91 Å². The predicted octanol–water partition coefficient (Wildman–Crippen LogP) is 8.25. The summed E-state index contributed by atoms with van der Waals surface area (Å²) >= 11 is 8.42. The molecule has 1 heterocycles. The Hall–Kier alpha value is -4.19. The number of thioether (sulfide) groups is 1. The van der Waals surface area contributed by atoms with Crippen LogP contribution in [0.4, 0.5) is 0 Å². The minimum atomic E-state index is -0.263. The smallest absolute Gasteiger partial charge is 0.267 e. The molecule has 0 unspecified atom stereocenters. The van der Waals surface area contributed by atoms with Gasteiger partial charge in [-0.2, -0.15) is 5.10 Å². The van der Waals surface area contributed by atoms with E-state index in [9.17, 15) is 4.79 Å². The Morgan fingerprint density at radius 2 is 1.47 bits per heavy atom. The van der Waals surface area contributed by atoms with Gasteiger partial charge in [-0.25, -0.2) is 5.43 Å². The van der Waals surface area contributed by atoms with Crippen LogP contribution in [0.25, 0.3) is 32.4 Å². The Morgan fingerprint density at radius 3 is 2.18 bits per heavy atom. The fourth-order valence-electron chi connectivity index (χ4n) is 4.57. The van der Waals surface area contributed by atoms with Crippen molar-refractivity contribution in [2.75, 3.05) is 0 Å². The molecule has 0 fully saturated rings. The van der Waals surface area contributed by atoms with Gasteiger partial charge in [0.25, 0.3) is 5.91 Å². The van der Waals surface area contributed by atoms with E-state index in [0.29, 0.717) is 10.6 Å². The zero-order valence-corrected chi connectivity index (χ0v) is 21.8. The number of aromatic nitrogens is 1. The van der Waals surface area contributed by atoms with Crippen molar-refractivity contribution in [1.29, 1.82) is 0 Å². The molecule has 0 spiro atoms. The fourth-order valence-corrected chi connectivity index (χ4v) is 5.90. The third-order valence-electron chi connectivity index (χ3n) is 6.47. The SMILES string of the molecule is O=C(NN=Cc1c2ccccc2c(Cl)c2ccccc12)c1ccc(CSc2cccc3cccnc23)cc1. The van der Waals surface area contributed by atoms with Gasteiger partial charge in [-0.1, -0.05) is 90.5 Å². The molecule has 38 heavy (non-hydrogen) atoms. The fraction of sp³-hybridized carbons (Fsp3) is 0.0312. The van der Waals surface area contributed by atoms with E-state index in [1.165, 1.54) is 0 Å². The van der Waals surface area contributed by atoms with Crippen LogP contribution in [0.1, 0.15) is 21.5 Å². The van der Waals surface area contributed by atoms with Gasteiger partial charge in [0.15, 0.2) is 0 Å². The number of carbonyl (C=O) groups is 1. The number of fused-ring (bicyclic) bond motifs is 3. The second-order valence-corrected chi connectivity index (χ2v) is 10.2. The van der Waals surface area contributed by atoms with Crippen LogP contribution in [0.3, 0.4) is 0 Å². The van der Waals surface area contributed by atoms with Crippen LogP contribution in [-0.4, -0.2) is 17.1 Å². The Kier molecular flexibility index (Phi) is 6.78.